The van der Waals surface area contributed by atoms with Crippen molar-refractivity contribution in [1.29, 1.82) is 0 Å². The van der Waals surface area contributed by atoms with Gasteiger partial charge in [-0.15, -0.1) is 12.4 Å². The molecule has 25 heavy (non-hydrogen) atoms. The lowest BCUT2D eigenvalue weighted by atomic mass is 10.1. The topological polar surface area (TPSA) is 44.8 Å². The monoisotopic (exact) mass is 367 g/mol. The molecular weight excluding hydrogens is 338 g/mol. The maximum Gasteiger partial charge on any atom is 0.222 e. The number of amides is 1. The molecule has 0 radical (unpaired) electrons. The van der Waals surface area contributed by atoms with Crippen molar-refractivity contribution in [3.8, 4) is 5.75 Å². The van der Waals surface area contributed by atoms with Crippen LogP contribution < -0.4 is 10.1 Å². The summed E-state index contributed by atoms with van der Waals surface area (Å²) in [7, 11) is 0. The van der Waals surface area contributed by atoms with Crippen LogP contribution in [0.5, 0.6) is 5.75 Å². The number of likely N-dealkylation sites (tertiary alicyclic amines) is 1. The molecule has 0 saturated carbocycles. The molecule has 2 fully saturated rings. The van der Waals surface area contributed by atoms with Crippen LogP contribution in [-0.4, -0.2) is 67.6 Å². The minimum Gasteiger partial charge on any atom is -0.494 e. The van der Waals surface area contributed by atoms with Gasteiger partial charge in [-0.2, -0.15) is 0 Å². The Balaban J connectivity index is 0.00000225. The third-order valence-electron chi connectivity index (χ3n) is 5.05. The first kappa shape index (κ1) is 20.0. The normalized spacial score (nSPS) is 21.0. The minimum atomic E-state index is 0. The highest BCUT2D eigenvalue weighted by Gasteiger charge is 2.30. The molecule has 1 aromatic rings. The molecule has 1 amide bonds. The second-order valence-electron chi connectivity index (χ2n) is 6.65. The number of nitrogens with zero attached hydrogens (tertiary/aromatic N) is 2. The lowest BCUT2D eigenvalue weighted by molar-refractivity contribution is -0.130. The number of piperazine rings is 1. The third-order valence-corrected chi connectivity index (χ3v) is 5.05. The first-order chi connectivity index (χ1) is 11.8. The fourth-order valence-corrected chi connectivity index (χ4v) is 3.64. The molecule has 0 aromatic heterocycles. The first-order valence-corrected chi connectivity index (χ1v) is 9.20. The molecule has 5 nitrogen and oxygen atoms in total. The van der Waals surface area contributed by atoms with Crippen LogP contribution in [-0.2, 0) is 11.2 Å². The van der Waals surface area contributed by atoms with E-state index >= 15 is 0 Å². The van der Waals surface area contributed by atoms with Crippen LogP contribution in [0, 0.1) is 0 Å². The minimum absolute atomic E-state index is 0. The van der Waals surface area contributed by atoms with Gasteiger partial charge in [0.05, 0.1) is 6.61 Å². The Morgan fingerprint density at radius 2 is 1.92 bits per heavy atom. The number of carbonyl (C=O) groups is 1. The molecule has 0 spiro atoms. The Bertz CT molecular complexity index is 532. The second kappa shape index (κ2) is 10.00. The van der Waals surface area contributed by atoms with Crippen molar-refractivity contribution in [2.75, 3.05) is 45.9 Å². The Morgan fingerprint density at radius 3 is 2.60 bits per heavy atom. The summed E-state index contributed by atoms with van der Waals surface area (Å²) in [6, 6.07) is 8.65. The lowest BCUT2D eigenvalue weighted by Gasteiger charge is -2.32. The van der Waals surface area contributed by atoms with Crippen LogP contribution in [0.2, 0.25) is 0 Å². The summed E-state index contributed by atoms with van der Waals surface area (Å²) in [4.78, 5) is 17.1. The van der Waals surface area contributed by atoms with Crippen molar-refractivity contribution in [2.45, 2.75) is 32.2 Å². The van der Waals surface area contributed by atoms with Crippen LogP contribution in [0.3, 0.4) is 0 Å². The average molecular weight is 368 g/mol. The van der Waals surface area contributed by atoms with Gasteiger partial charge in [-0.1, -0.05) is 12.1 Å². The van der Waals surface area contributed by atoms with E-state index in [0.29, 0.717) is 25.0 Å². The number of benzene rings is 1. The smallest absolute Gasteiger partial charge is 0.222 e. The fraction of sp³-hybridized carbons (Fsp3) is 0.632. The molecule has 2 saturated heterocycles. The molecule has 2 aliphatic rings. The van der Waals surface area contributed by atoms with E-state index in [-0.39, 0.29) is 12.4 Å². The van der Waals surface area contributed by atoms with Gasteiger partial charge in [0.15, 0.2) is 0 Å². The van der Waals surface area contributed by atoms with E-state index in [9.17, 15) is 4.79 Å². The average Bonchev–Trinajstić information content (AvgIpc) is 3.12. The van der Waals surface area contributed by atoms with E-state index in [4.69, 9.17) is 4.74 Å². The van der Waals surface area contributed by atoms with E-state index in [1.54, 1.807) is 0 Å². The predicted octanol–water partition coefficient (Wildman–Crippen LogP) is 1.95. The Labute approximate surface area is 157 Å². The molecule has 2 aliphatic heterocycles. The highest BCUT2D eigenvalue weighted by atomic mass is 35.5. The van der Waals surface area contributed by atoms with Crippen molar-refractivity contribution < 1.29 is 9.53 Å². The molecule has 0 aliphatic carbocycles. The van der Waals surface area contributed by atoms with E-state index in [0.717, 1.165) is 57.9 Å². The summed E-state index contributed by atoms with van der Waals surface area (Å²) in [6.45, 7) is 8.85. The molecule has 1 aromatic carbocycles. The molecule has 6 heteroatoms. The number of nitrogens with one attached hydrogen (secondary N) is 1. The number of halogens is 1. The molecule has 3 rings (SSSR count). The van der Waals surface area contributed by atoms with E-state index in [1.165, 1.54) is 5.56 Å². The second-order valence-corrected chi connectivity index (χ2v) is 6.65. The maximum absolute atomic E-state index is 12.5. The van der Waals surface area contributed by atoms with E-state index in [2.05, 4.69) is 27.2 Å². The predicted molar refractivity (Wildman–Crippen MR) is 103 cm³/mol. The highest BCUT2D eigenvalue weighted by molar-refractivity contribution is 5.85. The largest absolute Gasteiger partial charge is 0.494 e. The number of hydrogen-bond donors (Lipinski definition) is 1. The zero-order valence-corrected chi connectivity index (χ0v) is 15.9. The molecule has 0 bridgehead atoms. The Kier molecular flexibility index (Phi) is 8.00. The summed E-state index contributed by atoms with van der Waals surface area (Å²) in [5, 5.41) is 3.39. The summed E-state index contributed by atoms with van der Waals surface area (Å²) in [5.41, 5.74) is 1.20. The molecule has 1 unspecified atom stereocenters. The highest BCUT2D eigenvalue weighted by Crippen LogP contribution is 2.18. The van der Waals surface area contributed by atoms with Gasteiger partial charge in [-0.3, -0.25) is 9.69 Å². The molecule has 2 heterocycles. The van der Waals surface area contributed by atoms with Gasteiger partial charge in [0, 0.05) is 51.7 Å². The van der Waals surface area contributed by atoms with Gasteiger partial charge in [-0.05, 0) is 37.5 Å². The van der Waals surface area contributed by atoms with Crippen LogP contribution in [0.4, 0.5) is 0 Å². The van der Waals surface area contributed by atoms with Gasteiger partial charge in [-0.25, -0.2) is 0 Å². The van der Waals surface area contributed by atoms with Crippen LogP contribution in [0.1, 0.15) is 25.3 Å². The number of hydrogen-bond acceptors (Lipinski definition) is 4. The van der Waals surface area contributed by atoms with E-state index in [1.807, 2.05) is 19.1 Å². The lowest BCUT2D eigenvalue weighted by Crippen LogP contribution is -2.49. The Hall–Kier alpha value is -1.30. The number of rotatable bonds is 6. The van der Waals surface area contributed by atoms with E-state index < -0.39 is 0 Å². The molecular formula is C19H30ClN3O2. The number of aryl methyl sites for hydroxylation is 1. The van der Waals surface area contributed by atoms with Crippen molar-refractivity contribution in [3.05, 3.63) is 29.8 Å². The maximum atomic E-state index is 12.5. The summed E-state index contributed by atoms with van der Waals surface area (Å²) in [5.74, 6) is 1.19. The van der Waals surface area contributed by atoms with Gasteiger partial charge in [0.25, 0.3) is 0 Å². The number of ether oxygens (including phenoxy) is 1. The zero-order valence-electron chi connectivity index (χ0n) is 15.1. The molecule has 1 N–H and O–H groups in total. The quantitative estimate of drug-likeness (QED) is 0.834. The standard InChI is InChI=1S/C19H29N3O2.ClH/c1-2-24-18-6-3-16(4-7-18)5-8-19(23)22-12-9-17(15-22)21-13-10-20-11-14-21;/h3-4,6-7,17,20H,2,5,8-15H2,1H3;1H. The molecule has 140 valence electrons. The fourth-order valence-electron chi connectivity index (χ4n) is 3.64. The van der Waals surface area contributed by atoms with Crippen LogP contribution in [0.15, 0.2) is 24.3 Å². The van der Waals surface area contributed by atoms with Crippen LogP contribution in [0.25, 0.3) is 0 Å². The number of carbonyl (C=O) groups excluding carboxylic acids is 1. The van der Waals surface area contributed by atoms with Crippen molar-refractivity contribution in [1.82, 2.24) is 15.1 Å². The van der Waals surface area contributed by atoms with Crippen LogP contribution >= 0.6 is 12.4 Å². The third kappa shape index (κ3) is 5.59. The summed E-state index contributed by atoms with van der Waals surface area (Å²) < 4.78 is 5.45. The first-order valence-electron chi connectivity index (χ1n) is 9.20. The summed E-state index contributed by atoms with van der Waals surface area (Å²) >= 11 is 0. The Morgan fingerprint density at radius 1 is 1.20 bits per heavy atom. The van der Waals surface area contributed by atoms with Gasteiger partial charge in [0.2, 0.25) is 5.91 Å². The SMILES string of the molecule is CCOc1ccc(CCC(=O)N2CCC(N3CCNCC3)C2)cc1.Cl. The van der Waals surface area contributed by atoms with Gasteiger partial charge >= 0.3 is 0 Å². The zero-order chi connectivity index (χ0) is 16.8. The van der Waals surface area contributed by atoms with Crippen molar-refractivity contribution in [2.24, 2.45) is 0 Å². The molecule has 1 atom stereocenters. The van der Waals surface area contributed by atoms with Gasteiger partial charge < -0.3 is 15.0 Å². The van der Waals surface area contributed by atoms with Crippen molar-refractivity contribution >= 4 is 18.3 Å². The van der Waals surface area contributed by atoms with Gasteiger partial charge in [0.1, 0.15) is 5.75 Å². The summed E-state index contributed by atoms with van der Waals surface area (Å²) in [6.07, 6.45) is 2.52. The van der Waals surface area contributed by atoms with Crippen molar-refractivity contribution in [3.63, 3.8) is 0 Å².